The molecule has 2 bridgehead atoms. The molecule has 3 rings (SSSR count). The number of aliphatic hydroxyl groups is 1. The summed E-state index contributed by atoms with van der Waals surface area (Å²) >= 11 is 4.83. The second-order valence-corrected chi connectivity index (χ2v) is 9.21. The van der Waals surface area contributed by atoms with Crippen molar-refractivity contribution in [3.8, 4) is 0 Å². The maximum atomic E-state index is 12.6. The number of hydrogen-bond acceptors (Lipinski definition) is 5. The molecule has 23 heavy (non-hydrogen) atoms. The summed E-state index contributed by atoms with van der Waals surface area (Å²) < 4.78 is 6.33. The summed E-state index contributed by atoms with van der Waals surface area (Å²) in [6.45, 7) is 5.65. The lowest BCUT2D eigenvalue weighted by molar-refractivity contribution is -0.0966. The van der Waals surface area contributed by atoms with Crippen molar-refractivity contribution >= 4 is 33.4 Å². The SMILES string of the molecule is CC(C)(C)OC(=O)N1C2CCCC1CC(O)(c1nc(Br)cs1)C2. The van der Waals surface area contributed by atoms with E-state index in [9.17, 15) is 9.90 Å². The summed E-state index contributed by atoms with van der Waals surface area (Å²) in [6.07, 6.45) is 3.71. The first-order chi connectivity index (χ1) is 10.7. The van der Waals surface area contributed by atoms with Gasteiger partial charge in [-0.3, -0.25) is 0 Å². The van der Waals surface area contributed by atoms with Crippen molar-refractivity contribution in [2.75, 3.05) is 0 Å². The molecule has 0 radical (unpaired) electrons. The van der Waals surface area contributed by atoms with Crippen molar-refractivity contribution in [1.29, 1.82) is 0 Å². The third kappa shape index (κ3) is 3.56. The minimum absolute atomic E-state index is 0.0185. The number of piperidine rings is 2. The Morgan fingerprint density at radius 3 is 2.52 bits per heavy atom. The van der Waals surface area contributed by atoms with Gasteiger partial charge in [0.1, 0.15) is 20.8 Å². The molecule has 2 aliphatic heterocycles. The second kappa shape index (κ2) is 6.01. The highest BCUT2D eigenvalue weighted by atomic mass is 79.9. The highest BCUT2D eigenvalue weighted by molar-refractivity contribution is 9.10. The van der Waals surface area contributed by atoms with Gasteiger partial charge in [0.25, 0.3) is 0 Å². The first-order valence-electron chi connectivity index (χ1n) is 8.03. The molecule has 0 spiro atoms. The maximum absolute atomic E-state index is 12.6. The zero-order chi connectivity index (χ0) is 16.8. The van der Waals surface area contributed by atoms with E-state index in [0.29, 0.717) is 12.8 Å². The van der Waals surface area contributed by atoms with Crippen molar-refractivity contribution in [1.82, 2.24) is 9.88 Å². The van der Waals surface area contributed by atoms with Gasteiger partial charge in [-0.25, -0.2) is 9.78 Å². The molecule has 1 N–H and O–H groups in total. The number of fused-ring (bicyclic) bond motifs is 2. The van der Waals surface area contributed by atoms with Crippen LogP contribution in [0.5, 0.6) is 0 Å². The van der Waals surface area contributed by atoms with Crippen LogP contribution in [0.3, 0.4) is 0 Å². The molecular formula is C16H23BrN2O3S. The van der Waals surface area contributed by atoms with Crippen molar-refractivity contribution in [2.24, 2.45) is 0 Å². The summed E-state index contributed by atoms with van der Waals surface area (Å²) in [5.41, 5.74) is -1.44. The highest BCUT2D eigenvalue weighted by Gasteiger charge is 2.50. The smallest absolute Gasteiger partial charge is 0.410 e. The topological polar surface area (TPSA) is 62.7 Å². The number of carbonyl (C=O) groups is 1. The number of nitrogens with zero attached hydrogens (tertiary/aromatic N) is 2. The molecule has 0 saturated carbocycles. The fourth-order valence-electron chi connectivity index (χ4n) is 3.68. The highest BCUT2D eigenvalue weighted by Crippen LogP contribution is 2.45. The van der Waals surface area contributed by atoms with Crippen LogP contribution in [0.4, 0.5) is 4.79 Å². The number of halogens is 1. The zero-order valence-corrected chi connectivity index (χ0v) is 16.1. The van der Waals surface area contributed by atoms with E-state index in [-0.39, 0.29) is 18.2 Å². The van der Waals surface area contributed by atoms with Gasteiger partial charge in [0, 0.05) is 30.3 Å². The molecule has 2 saturated heterocycles. The van der Waals surface area contributed by atoms with Crippen LogP contribution in [0.2, 0.25) is 0 Å². The molecular weight excluding hydrogens is 380 g/mol. The molecule has 2 fully saturated rings. The lowest BCUT2D eigenvalue weighted by Gasteiger charge is -2.51. The van der Waals surface area contributed by atoms with E-state index in [2.05, 4.69) is 20.9 Å². The van der Waals surface area contributed by atoms with Gasteiger partial charge in [-0.05, 0) is 56.0 Å². The van der Waals surface area contributed by atoms with Crippen LogP contribution in [-0.4, -0.2) is 38.8 Å². The Morgan fingerprint density at radius 2 is 2.04 bits per heavy atom. The maximum Gasteiger partial charge on any atom is 0.410 e. The van der Waals surface area contributed by atoms with Crippen LogP contribution in [0.15, 0.2) is 9.98 Å². The zero-order valence-electron chi connectivity index (χ0n) is 13.7. The fourth-order valence-corrected chi connectivity index (χ4v) is 5.06. The average Bonchev–Trinajstić information content (AvgIpc) is 2.83. The van der Waals surface area contributed by atoms with Crippen LogP contribution in [0, 0.1) is 0 Å². The number of ether oxygens (including phenoxy) is 1. The van der Waals surface area contributed by atoms with Gasteiger partial charge < -0.3 is 14.7 Å². The van der Waals surface area contributed by atoms with Gasteiger partial charge >= 0.3 is 6.09 Å². The van der Waals surface area contributed by atoms with Crippen LogP contribution in [0.25, 0.3) is 0 Å². The van der Waals surface area contributed by atoms with E-state index in [1.807, 2.05) is 31.1 Å². The number of thiazole rings is 1. The van der Waals surface area contributed by atoms with E-state index in [1.165, 1.54) is 11.3 Å². The van der Waals surface area contributed by atoms with Crippen molar-refractivity contribution in [3.63, 3.8) is 0 Å². The first kappa shape index (κ1) is 17.2. The third-order valence-corrected chi connectivity index (χ3v) is 6.23. The molecule has 1 aromatic rings. The molecule has 1 aromatic heterocycles. The number of hydrogen-bond donors (Lipinski definition) is 1. The number of carbonyl (C=O) groups excluding carboxylic acids is 1. The molecule has 0 aromatic carbocycles. The summed E-state index contributed by atoms with van der Waals surface area (Å²) in [5.74, 6) is 0. The van der Waals surface area contributed by atoms with Gasteiger partial charge in [-0.2, -0.15) is 0 Å². The van der Waals surface area contributed by atoms with Gasteiger partial charge in [-0.1, -0.05) is 0 Å². The molecule has 3 heterocycles. The predicted octanol–water partition coefficient (Wildman–Crippen LogP) is 4.05. The molecule has 1 amide bonds. The Hall–Kier alpha value is -0.660. The Balaban J connectivity index is 1.82. The van der Waals surface area contributed by atoms with Crippen LogP contribution >= 0.6 is 27.3 Å². The first-order valence-corrected chi connectivity index (χ1v) is 9.70. The van der Waals surface area contributed by atoms with E-state index >= 15 is 0 Å². The summed E-state index contributed by atoms with van der Waals surface area (Å²) in [6, 6.07) is 0.0371. The minimum atomic E-state index is -0.940. The van der Waals surface area contributed by atoms with Gasteiger partial charge in [-0.15, -0.1) is 11.3 Å². The van der Waals surface area contributed by atoms with E-state index in [1.54, 1.807) is 0 Å². The Labute approximate surface area is 149 Å². The average molecular weight is 403 g/mol. The molecule has 2 atom stereocenters. The summed E-state index contributed by atoms with van der Waals surface area (Å²) in [4.78, 5) is 18.9. The van der Waals surface area contributed by atoms with E-state index < -0.39 is 11.2 Å². The van der Waals surface area contributed by atoms with Crippen molar-refractivity contribution in [3.05, 3.63) is 15.0 Å². The van der Waals surface area contributed by atoms with Crippen molar-refractivity contribution in [2.45, 2.75) is 76.2 Å². The lowest BCUT2D eigenvalue weighted by Crippen LogP contribution is -2.59. The van der Waals surface area contributed by atoms with E-state index in [0.717, 1.165) is 28.9 Å². The number of rotatable bonds is 1. The van der Waals surface area contributed by atoms with Crippen LogP contribution in [-0.2, 0) is 10.3 Å². The molecule has 2 unspecified atom stereocenters. The van der Waals surface area contributed by atoms with Gasteiger partial charge in [0.15, 0.2) is 0 Å². The summed E-state index contributed by atoms with van der Waals surface area (Å²) in [5, 5.41) is 13.8. The number of amides is 1. The Bertz CT molecular complexity index is 584. The van der Waals surface area contributed by atoms with Crippen molar-refractivity contribution < 1.29 is 14.6 Å². The third-order valence-electron chi connectivity index (χ3n) is 4.49. The molecule has 128 valence electrons. The van der Waals surface area contributed by atoms with Crippen LogP contribution in [0.1, 0.15) is 57.9 Å². The fraction of sp³-hybridized carbons (Fsp3) is 0.750. The molecule has 0 aliphatic carbocycles. The molecule has 7 heteroatoms. The number of aromatic nitrogens is 1. The minimum Gasteiger partial charge on any atom is -0.444 e. The Morgan fingerprint density at radius 1 is 1.43 bits per heavy atom. The van der Waals surface area contributed by atoms with Crippen LogP contribution < -0.4 is 0 Å². The normalized spacial score (nSPS) is 31.1. The standard InChI is InChI=1S/C16H23BrN2O3S/c1-15(2,3)22-14(20)19-10-5-4-6-11(19)8-16(21,7-10)13-18-12(17)9-23-13/h9-11,21H,4-8H2,1-3H3. The van der Waals surface area contributed by atoms with Gasteiger partial charge in [0.05, 0.1) is 0 Å². The molecule has 2 aliphatic rings. The predicted molar refractivity (Wildman–Crippen MR) is 92.4 cm³/mol. The lowest BCUT2D eigenvalue weighted by atomic mass is 9.76. The quantitative estimate of drug-likeness (QED) is 0.769. The molecule has 5 nitrogen and oxygen atoms in total. The Kier molecular flexibility index (Phi) is 4.48. The van der Waals surface area contributed by atoms with E-state index in [4.69, 9.17) is 4.74 Å². The second-order valence-electron chi connectivity index (χ2n) is 7.54. The van der Waals surface area contributed by atoms with Gasteiger partial charge in [0.2, 0.25) is 0 Å². The summed E-state index contributed by atoms with van der Waals surface area (Å²) in [7, 11) is 0. The largest absolute Gasteiger partial charge is 0.444 e. The monoisotopic (exact) mass is 402 g/mol.